The normalized spacial score (nSPS) is 16.0. The molecule has 0 saturated heterocycles. The SMILES string of the molecule is CC(C)(C)OC(=O)N(Cc1cncc(Br)c1)C1CCCC1. The topological polar surface area (TPSA) is 42.4 Å². The average Bonchev–Trinajstić information content (AvgIpc) is 2.87. The van der Waals surface area contributed by atoms with Gasteiger partial charge in [0.2, 0.25) is 0 Å². The molecule has 0 aromatic carbocycles. The smallest absolute Gasteiger partial charge is 0.410 e. The monoisotopic (exact) mass is 354 g/mol. The maximum absolute atomic E-state index is 12.5. The Hall–Kier alpha value is -1.10. The predicted molar refractivity (Wildman–Crippen MR) is 86.0 cm³/mol. The molecule has 116 valence electrons. The lowest BCUT2D eigenvalue weighted by molar-refractivity contribution is 0.0144. The number of hydrogen-bond donors (Lipinski definition) is 0. The second-order valence-corrected chi connectivity index (χ2v) is 7.47. The van der Waals surface area contributed by atoms with E-state index in [2.05, 4.69) is 20.9 Å². The largest absolute Gasteiger partial charge is 0.444 e. The van der Waals surface area contributed by atoms with Crippen LogP contribution in [0.1, 0.15) is 52.0 Å². The summed E-state index contributed by atoms with van der Waals surface area (Å²) in [6.45, 7) is 6.25. The molecule has 1 aliphatic carbocycles. The summed E-state index contributed by atoms with van der Waals surface area (Å²) in [4.78, 5) is 18.5. The minimum absolute atomic E-state index is 0.227. The van der Waals surface area contributed by atoms with Crippen LogP contribution >= 0.6 is 15.9 Å². The van der Waals surface area contributed by atoms with Crippen LogP contribution in [0.4, 0.5) is 4.79 Å². The molecular formula is C16H23BrN2O2. The van der Waals surface area contributed by atoms with Crippen molar-refractivity contribution in [1.29, 1.82) is 0 Å². The molecule has 5 heteroatoms. The van der Waals surface area contributed by atoms with E-state index in [0.29, 0.717) is 6.54 Å². The molecule has 0 bridgehead atoms. The van der Waals surface area contributed by atoms with Crippen molar-refractivity contribution in [3.8, 4) is 0 Å². The molecule has 1 fully saturated rings. The molecule has 0 N–H and O–H groups in total. The molecule has 0 unspecified atom stereocenters. The van der Waals surface area contributed by atoms with Gasteiger partial charge in [0.15, 0.2) is 0 Å². The number of carbonyl (C=O) groups excluding carboxylic acids is 1. The number of rotatable bonds is 3. The van der Waals surface area contributed by atoms with E-state index in [1.165, 1.54) is 12.8 Å². The van der Waals surface area contributed by atoms with E-state index in [4.69, 9.17) is 4.74 Å². The first-order valence-corrected chi connectivity index (χ1v) is 8.23. The van der Waals surface area contributed by atoms with Crippen LogP contribution in [0.2, 0.25) is 0 Å². The second kappa shape index (κ2) is 6.77. The number of halogens is 1. The van der Waals surface area contributed by atoms with Gasteiger partial charge in [0.05, 0.1) is 6.54 Å². The molecule has 1 amide bonds. The number of aromatic nitrogens is 1. The quantitative estimate of drug-likeness (QED) is 0.800. The van der Waals surface area contributed by atoms with Crippen LogP contribution in [-0.4, -0.2) is 27.6 Å². The summed E-state index contributed by atoms with van der Waals surface area (Å²) in [5.41, 5.74) is 0.547. The number of nitrogens with zero attached hydrogens (tertiary/aromatic N) is 2. The number of hydrogen-bond acceptors (Lipinski definition) is 3. The van der Waals surface area contributed by atoms with Gasteiger partial charge in [-0.05, 0) is 61.2 Å². The Balaban J connectivity index is 2.13. The fraction of sp³-hybridized carbons (Fsp3) is 0.625. The van der Waals surface area contributed by atoms with Crippen molar-refractivity contribution in [1.82, 2.24) is 9.88 Å². The van der Waals surface area contributed by atoms with E-state index < -0.39 is 5.60 Å². The molecule has 21 heavy (non-hydrogen) atoms. The molecule has 0 radical (unpaired) electrons. The number of carbonyl (C=O) groups is 1. The Morgan fingerprint density at radius 2 is 2.05 bits per heavy atom. The molecule has 2 rings (SSSR count). The van der Waals surface area contributed by atoms with Crippen LogP contribution < -0.4 is 0 Å². The molecule has 0 spiro atoms. The van der Waals surface area contributed by atoms with Crippen molar-refractivity contribution in [3.05, 3.63) is 28.5 Å². The van der Waals surface area contributed by atoms with Gasteiger partial charge in [-0.25, -0.2) is 4.79 Å². The lowest BCUT2D eigenvalue weighted by atomic mass is 10.1. The molecular weight excluding hydrogens is 332 g/mol. The zero-order valence-electron chi connectivity index (χ0n) is 12.9. The van der Waals surface area contributed by atoms with Crippen LogP contribution in [0, 0.1) is 0 Å². The molecule has 1 saturated carbocycles. The van der Waals surface area contributed by atoms with Crippen molar-refractivity contribution < 1.29 is 9.53 Å². The number of pyridine rings is 1. The summed E-state index contributed by atoms with van der Waals surface area (Å²) in [6.07, 6.45) is 7.80. The third-order valence-corrected chi connectivity index (χ3v) is 3.94. The van der Waals surface area contributed by atoms with Gasteiger partial charge >= 0.3 is 6.09 Å². The Labute approximate surface area is 135 Å². The highest BCUT2D eigenvalue weighted by atomic mass is 79.9. The fourth-order valence-corrected chi connectivity index (χ4v) is 3.03. The fourth-order valence-electron chi connectivity index (χ4n) is 2.62. The maximum Gasteiger partial charge on any atom is 0.410 e. The minimum atomic E-state index is -0.469. The summed E-state index contributed by atoms with van der Waals surface area (Å²) in [6, 6.07) is 2.28. The highest BCUT2D eigenvalue weighted by Crippen LogP contribution is 2.27. The molecule has 1 heterocycles. The third-order valence-electron chi connectivity index (χ3n) is 3.51. The molecule has 0 atom stereocenters. The van der Waals surface area contributed by atoms with E-state index in [1.807, 2.05) is 31.7 Å². The summed E-state index contributed by atoms with van der Waals surface area (Å²) < 4.78 is 6.50. The van der Waals surface area contributed by atoms with Gasteiger partial charge in [-0.1, -0.05) is 12.8 Å². The molecule has 4 nitrogen and oxygen atoms in total. The van der Waals surface area contributed by atoms with Crippen molar-refractivity contribution >= 4 is 22.0 Å². The first kappa shape index (κ1) is 16.3. The van der Waals surface area contributed by atoms with Crippen LogP contribution in [0.5, 0.6) is 0 Å². The Kier molecular flexibility index (Phi) is 5.25. The summed E-state index contributed by atoms with van der Waals surface area (Å²) in [5, 5.41) is 0. The van der Waals surface area contributed by atoms with Crippen molar-refractivity contribution in [3.63, 3.8) is 0 Å². The Bertz CT molecular complexity index is 493. The van der Waals surface area contributed by atoms with Crippen LogP contribution in [-0.2, 0) is 11.3 Å². The highest BCUT2D eigenvalue weighted by molar-refractivity contribution is 9.10. The van der Waals surface area contributed by atoms with Crippen LogP contribution in [0.25, 0.3) is 0 Å². The van der Waals surface area contributed by atoms with Gasteiger partial charge < -0.3 is 9.64 Å². The highest BCUT2D eigenvalue weighted by Gasteiger charge is 2.30. The van der Waals surface area contributed by atoms with Crippen molar-refractivity contribution in [2.45, 2.75) is 64.6 Å². The predicted octanol–water partition coefficient (Wildman–Crippen LogP) is 4.52. The number of ether oxygens (including phenoxy) is 1. The minimum Gasteiger partial charge on any atom is -0.444 e. The van der Waals surface area contributed by atoms with Gasteiger partial charge in [-0.2, -0.15) is 0 Å². The van der Waals surface area contributed by atoms with Gasteiger partial charge in [0, 0.05) is 22.9 Å². The lowest BCUT2D eigenvalue weighted by Crippen LogP contribution is -2.41. The van der Waals surface area contributed by atoms with Gasteiger partial charge in [0.1, 0.15) is 5.60 Å². The summed E-state index contributed by atoms with van der Waals surface area (Å²) in [5.74, 6) is 0. The first-order chi connectivity index (χ1) is 9.85. The van der Waals surface area contributed by atoms with Gasteiger partial charge in [-0.15, -0.1) is 0 Å². The third kappa shape index (κ3) is 4.99. The summed E-state index contributed by atoms with van der Waals surface area (Å²) >= 11 is 3.42. The standard InChI is InChI=1S/C16H23BrN2O2/c1-16(2,3)21-15(20)19(14-6-4-5-7-14)11-12-8-13(17)10-18-9-12/h8-10,14H,4-7,11H2,1-3H3. The zero-order valence-corrected chi connectivity index (χ0v) is 14.5. The van der Waals surface area contributed by atoms with E-state index in [-0.39, 0.29) is 12.1 Å². The molecule has 1 aromatic rings. The zero-order chi connectivity index (χ0) is 15.5. The van der Waals surface area contributed by atoms with E-state index in [9.17, 15) is 4.79 Å². The van der Waals surface area contributed by atoms with E-state index >= 15 is 0 Å². The maximum atomic E-state index is 12.5. The average molecular weight is 355 g/mol. The van der Waals surface area contributed by atoms with Crippen molar-refractivity contribution in [2.75, 3.05) is 0 Å². The molecule has 1 aromatic heterocycles. The molecule has 0 aliphatic heterocycles. The summed E-state index contributed by atoms with van der Waals surface area (Å²) in [7, 11) is 0. The molecule has 1 aliphatic rings. The van der Waals surface area contributed by atoms with Gasteiger partial charge in [0.25, 0.3) is 0 Å². The lowest BCUT2D eigenvalue weighted by Gasteiger charge is -2.31. The second-order valence-electron chi connectivity index (χ2n) is 6.56. The first-order valence-electron chi connectivity index (χ1n) is 7.44. The van der Waals surface area contributed by atoms with Crippen LogP contribution in [0.15, 0.2) is 22.9 Å². The van der Waals surface area contributed by atoms with E-state index in [0.717, 1.165) is 22.9 Å². The van der Waals surface area contributed by atoms with Crippen molar-refractivity contribution in [2.24, 2.45) is 0 Å². The van der Waals surface area contributed by atoms with E-state index in [1.54, 1.807) is 12.4 Å². The van der Waals surface area contributed by atoms with Crippen LogP contribution in [0.3, 0.4) is 0 Å². The number of amides is 1. The Morgan fingerprint density at radius 3 is 2.62 bits per heavy atom. The Morgan fingerprint density at radius 1 is 1.38 bits per heavy atom. The van der Waals surface area contributed by atoms with Gasteiger partial charge in [-0.3, -0.25) is 4.98 Å².